The molecule has 0 atom stereocenters. The zero-order valence-corrected chi connectivity index (χ0v) is 34.9. The van der Waals surface area contributed by atoms with Gasteiger partial charge in [-0.3, -0.25) is 0 Å². The van der Waals surface area contributed by atoms with Gasteiger partial charge >= 0.3 is 0 Å². The largest absolute Gasteiger partial charge is 0.507 e. The molecule has 8 heteroatoms. The summed E-state index contributed by atoms with van der Waals surface area (Å²) in [5.74, 6) is 0.927. The van der Waals surface area contributed by atoms with E-state index in [0.717, 1.165) is 74.4 Å². The van der Waals surface area contributed by atoms with Crippen molar-refractivity contribution in [3.05, 3.63) is 57.6 Å². The first kappa shape index (κ1) is 48.9. The maximum Gasteiger partial charge on any atom is 0.123 e. The van der Waals surface area contributed by atoms with E-state index in [1.165, 1.54) is 36.8 Å². The number of hydrogen-bond acceptors (Lipinski definition) is 5. The molecular weight excluding hydrogens is 661 g/mol. The summed E-state index contributed by atoms with van der Waals surface area (Å²) in [7, 11) is 0. The highest BCUT2D eigenvalue weighted by molar-refractivity contribution is 5.86. The van der Waals surface area contributed by atoms with Gasteiger partial charge in [-0.05, 0) is 133 Å². The minimum Gasteiger partial charge on any atom is -0.507 e. The Kier molecular flexibility index (Phi) is 21.6. The molecular formula is C40H72Cl3N3O2. The van der Waals surface area contributed by atoms with Crippen molar-refractivity contribution in [2.24, 2.45) is 0 Å². The fraction of sp³-hybridized carbons (Fsp3) is 0.700. The predicted octanol–water partition coefficient (Wildman–Crippen LogP) is 9.67. The van der Waals surface area contributed by atoms with E-state index in [-0.39, 0.29) is 58.9 Å². The Balaban J connectivity index is 0. The van der Waals surface area contributed by atoms with Crippen LogP contribution in [0.25, 0.3) is 0 Å². The van der Waals surface area contributed by atoms with Gasteiger partial charge in [-0.1, -0.05) is 107 Å². The molecule has 2 rings (SSSR count). The van der Waals surface area contributed by atoms with Crippen molar-refractivity contribution in [2.45, 2.75) is 143 Å². The Labute approximate surface area is 313 Å². The molecule has 0 aliphatic heterocycles. The van der Waals surface area contributed by atoms with E-state index in [4.69, 9.17) is 0 Å². The highest BCUT2D eigenvalue weighted by Gasteiger charge is 2.27. The number of benzene rings is 2. The molecule has 0 aliphatic carbocycles. The maximum atomic E-state index is 11.0. The lowest BCUT2D eigenvalue weighted by Gasteiger charge is -2.28. The second-order valence-corrected chi connectivity index (χ2v) is 17.2. The summed E-state index contributed by atoms with van der Waals surface area (Å²) in [6.07, 6.45) is 6.68. The topological polar surface area (TPSA) is 76.5 Å². The van der Waals surface area contributed by atoms with E-state index >= 15 is 0 Å². The van der Waals surface area contributed by atoms with E-state index in [9.17, 15) is 10.2 Å². The standard InChI is InChI=1S/C40H69N3O2.3ClH/c1-37(2,3)31-25-29(26-32(35(31)44)38(4,5)6)17-23-42-21-15-13-19-41-20-14-16-22-43-24-18-30-27-33(39(7,8)9)36(45)34(28-30)40(10,11)12;;;/h25-28,41-45H,13-24H2,1-12H3;3*1H. The zero-order chi connectivity index (χ0) is 34.1. The minimum absolute atomic E-state index is 0. The van der Waals surface area contributed by atoms with E-state index in [0.29, 0.717) is 11.5 Å². The van der Waals surface area contributed by atoms with Crippen molar-refractivity contribution in [3.8, 4) is 11.5 Å². The number of halogens is 3. The monoisotopic (exact) mass is 731 g/mol. The Bertz CT molecular complexity index is 1040. The van der Waals surface area contributed by atoms with Crippen LogP contribution in [0.1, 0.15) is 142 Å². The molecule has 0 unspecified atom stereocenters. The lowest BCUT2D eigenvalue weighted by atomic mass is 9.78. The Hall–Kier alpha value is -1.21. The summed E-state index contributed by atoms with van der Waals surface area (Å²) in [6, 6.07) is 8.80. The molecule has 0 heterocycles. The molecule has 0 saturated carbocycles. The van der Waals surface area contributed by atoms with Gasteiger partial charge in [0.15, 0.2) is 0 Å². The molecule has 5 N–H and O–H groups in total. The summed E-state index contributed by atoms with van der Waals surface area (Å²) in [5, 5.41) is 32.7. The molecule has 0 amide bonds. The zero-order valence-electron chi connectivity index (χ0n) is 32.4. The molecule has 0 spiro atoms. The van der Waals surface area contributed by atoms with Gasteiger partial charge < -0.3 is 26.2 Å². The van der Waals surface area contributed by atoms with Crippen LogP contribution in [0, 0.1) is 0 Å². The quantitative estimate of drug-likeness (QED) is 0.111. The lowest BCUT2D eigenvalue weighted by Crippen LogP contribution is -2.23. The van der Waals surface area contributed by atoms with Crippen LogP contribution in [-0.4, -0.2) is 49.5 Å². The highest BCUT2D eigenvalue weighted by Crippen LogP contribution is 2.41. The number of phenols is 2. The molecule has 280 valence electrons. The fourth-order valence-electron chi connectivity index (χ4n) is 5.80. The Morgan fingerprint density at radius 2 is 0.604 bits per heavy atom. The second kappa shape index (κ2) is 21.2. The van der Waals surface area contributed by atoms with Crippen molar-refractivity contribution in [2.75, 3.05) is 39.3 Å². The second-order valence-electron chi connectivity index (χ2n) is 17.2. The summed E-state index contributed by atoms with van der Waals surface area (Å²) in [5.41, 5.74) is 6.45. The Morgan fingerprint density at radius 1 is 0.396 bits per heavy atom. The number of phenolic OH excluding ortho intramolecular Hbond substituents is 2. The third kappa shape index (κ3) is 16.2. The first-order chi connectivity index (χ1) is 20.7. The van der Waals surface area contributed by atoms with E-state index in [2.05, 4.69) is 123 Å². The number of nitrogens with one attached hydrogen (secondary N) is 3. The lowest BCUT2D eigenvalue weighted by molar-refractivity contribution is 0.421. The van der Waals surface area contributed by atoms with Crippen molar-refractivity contribution in [1.82, 2.24) is 16.0 Å². The number of aromatic hydroxyl groups is 2. The van der Waals surface area contributed by atoms with Crippen molar-refractivity contribution in [1.29, 1.82) is 0 Å². The fourth-order valence-corrected chi connectivity index (χ4v) is 5.80. The van der Waals surface area contributed by atoms with Crippen molar-refractivity contribution < 1.29 is 10.2 Å². The van der Waals surface area contributed by atoms with E-state index in [1.54, 1.807) is 0 Å². The van der Waals surface area contributed by atoms with Gasteiger partial charge in [-0.25, -0.2) is 0 Å². The molecule has 2 aromatic rings. The molecule has 0 fully saturated rings. The van der Waals surface area contributed by atoms with Gasteiger partial charge in [0.05, 0.1) is 0 Å². The van der Waals surface area contributed by atoms with Crippen LogP contribution in [0.5, 0.6) is 11.5 Å². The molecule has 0 saturated heterocycles. The summed E-state index contributed by atoms with van der Waals surface area (Å²) in [6.45, 7) is 32.2. The van der Waals surface area contributed by atoms with Crippen LogP contribution in [0.4, 0.5) is 0 Å². The molecule has 2 aromatic carbocycles. The molecule has 5 nitrogen and oxygen atoms in total. The molecule has 48 heavy (non-hydrogen) atoms. The maximum absolute atomic E-state index is 11.0. The SMILES string of the molecule is CC(C)(C)c1cc(CCNCCCCNCCCCNCCc2cc(C(C)(C)C)c(O)c(C(C)(C)C)c2)cc(C(C)(C)C)c1O.Cl.Cl.Cl. The van der Waals surface area contributed by atoms with Gasteiger partial charge in [0.25, 0.3) is 0 Å². The first-order valence-corrected chi connectivity index (χ1v) is 17.6. The van der Waals surface area contributed by atoms with Crippen LogP contribution in [-0.2, 0) is 34.5 Å². The van der Waals surface area contributed by atoms with Crippen LogP contribution in [0.3, 0.4) is 0 Å². The summed E-state index contributed by atoms with van der Waals surface area (Å²) >= 11 is 0. The number of hydrogen-bond donors (Lipinski definition) is 5. The van der Waals surface area contributed by atoms with Crippen LogP contribution in [0.2, 0.25) is 0 Å². The third-order valence-corrected chi connectivity index (χ3v) is 8.67. The van der Waals surface area contributed by atoms with Gasteiger partial charge in [0, 0.05) is 0 Å². The average molecular weight is 733 g/mol. The van der Waals surface area contributed by atoms with Gasteiger partial charge in [-0.2, -0.15) is 0 Å². The van der Waals surface area contributed by atoms with Crippen molar-refractivity contribution in [3.63, 3.8) is 0 Å². The molecule has 0 radical (unpaired) electrons. The van der Waals surface area contributed by atoms with Crippen LogP contribution in [0.15, 0.2) is 24.3 Å². The third-order valence-electron chi connectivity index (χ3n) is 8.67. The highest BCUT2D eigenvalue weighted by atomic mass is 35.5. The average Bonchev–Trinajstić information content (AvgIpc) is 2.89. The Morgan fingerprint density at radius 3 is 0.812 bits per heavy atom. The number of unbranched alkanes of at least 4 members (excludes halogenated alkanes) is 2. The summed E-state index contributed by atoms with van der Waals surface area (Å²) in [4.78, 5) is 0. The van der Waals surface area contributed by atoms with Gasteiger partial charge in [0.2, 0.25) is 0 Å². The van der Waals surface area contributed by atoms with E-state index < -0.39 is 0 Å². The van der Waals surface area contributed by atoms with Crippen LogP contribution < -0.4 is 16.0 Å². The van der Waals surface area contributed by atoms with Gasteiger partial charge in [0.1, 0.15) is 11.5 Å². The first-order valence-electron chi connectivity index (χ1n) is 17.6. The van der Waals surface area contributed by atoms with E-state index in [1.807, 2.05) is 0 Å². The minimum atomic E-state index is -0.0841. The number of rotatable bonds is 16. The normalized spacial score (nSPS) is 12.2. The summed E-state index contributed by atoms with van der Waals surface area (Å²) < 4.78 is 0. The molecule has 0 bridgehead atoms. The smallest absolute Gasteiger partial charge is 0.123 e. The van der Waals surface area contributed by atoms with Crippen LogP contribution >= 0.6 is 37.2 Å². The van der Waals surface area contributed by atoms with Crippen molar-refractivity contribution >= 4 is 37.2 Å². The van der Waals surface area contributed by atoms with Gasteiger partial charge in [-0.15, -0.1) is 37.2 Å². The molecule has 0 aromatic heterocycles. The predicted molar refractivity (Wildman–Crippen MR) is 217 cm³/mol. The molecule has 0 aliphatic rings.